The van der Waals surface area contributed by atoms with Crippen molar-refractivity contribution in [2.24, 2.45) is 0 Å². The third-order valence-electron chi connectivity index (χ3n) is 3.45. The molecule has 2 aromatic rings. The number of rotatable bonds is 7. The third-order valence-corrected chi connectivity index (χ3v) is 4.78. The summed E-state index contributed by atoms with van der Waals surface area (Å²) in [7, 11) is -3.72. The van der Waals surface area contributed by atoms with Gasteiger partial charge < -0.3 is 4.74 Å². The molecule has 2 aromatic carbocycles. The van der Waals surface area contributed by atoms with Gasteiger partial charge in [-0.05, 0) is 36.6 Å². The van der Waals surface area contributed by atoms with E-state index in [-0.39, 0.29) is 23.6 Å². The summed E-state index contributed by atoms with van der Waals surface area (Å²) >= 11 is 0. The lowest BCUT2D eigenvalue weighted by molar-refractivity contribution is -0.145. The minimum Gasteiger partial charge on any atom is -0.458 e. The summed E-state index contributed by atoms with van der Waals surface area (Å²) in [6.45, 7) is 3.23. The number of carbonyl (C=O) groups excluding carboxylic acids is 1. The van der Waals surface area contributed by atoms with E-state index < -0.39 is 10.1 Å². The van der Waals surface area contributed by atoms with Gasteiger partial charge in [-0.25, -0.2) is 0 Å². The molecule has 0 aliphatic heterocycles. The predicted molar refractivity (Wildman–Crippen MR) is 89.9 cm³/mol. The Balaban J connectivity index is 1.90. The molecule has 6 heteroatoms. The van der Waals surface area contributed by atoms with Crippen LogP contribution in [0.1, 0.15) is 31.1 Å². The monoisotopic (exact) mass is 348 g/mol. The molecule has 128 valence electrons. The highest BCUT2D eigenvalue weighted by atomic mass is 32.2. The van der Waals surface area contributed by atoms with Gasteiger partial charge in [0, 0.05) is 6.92 Å². The number of carbonyl (C=O) groups is 1. The molecule has 0 heterocycles. The Hall–Kier alpha value is -2.18. The molecule has 1 unspecified atom stereocenters. The van der Waals surface area contributed by atoms with Crippen molar-refractivity contribution in [1.29, 1.82) is 0 Å². The van der Waals surface area contributed by atoms with E-state index in [1.807, 2.05) is 24.3 Å². The quantitative estimate of drug-likeness (QED) is 0.567. The molecule has 2 rings (SSSR count). The zero-order valence-corrected chi connectivity index (χ0v) is 14.5. The van der Waals surface area contributed by atoms with Gasteiger partial charge >= 0.3 is 5.97 Å². The molecular weight excluding hydrogens is 328 g/mol. The topological polar surface area (TPSA) is 69.7 Å². The Morgan fingerprint density at radius 1 is 1.04 bits per heavy atom. The summed E-state index contributed by atoms with van der Waals surface area (Å²) in [5.74, 6) is -0.328. The minimum absolute atomic E-state index is 0.0655. The summed E-state index contributed by atoms with van der Waals surface area (Å²) in [6, 6.07) is 15.5. The van der Waals surface area contributed by atoms with Crippen LogP contribution in [0.5, 0.6) is 0 Å². The molecule has 0 radical (unpaired) electrons. The van der Waals surface area contributed by atoms with Gasteiger partial charge in [0.25, 0.3) is 10.1 Å². The van der Waals surface area contributed by atoms with Crippen molar-refractivity contribution in [1.82, 2.24) is 0 Å². The van der Waals surface area contributed by atoms with Gasteiger partial charge in [-0.3, -0.25) is 8.98 Å². The SMILES string of the molecule is CC(=O)OC(C)c1ccc(CCOS(=O)(=O)c2ccccc2)cc1. The second-order valence-corrected chi connectivity index (χ2v) is 6.95. The molecule has 5 nitrogen and oxygen atoms in total. The van der Waals surface area contributed by atoms with Gasteiger partial charge in [-0.15, -0.1) is 0 Å². The van der Waals surface area contributed by atoms with E-state index in [1.165, 1.54) is 19.1 Å². The van der Waals surface area contributed by atoms with Crippen LogP contribution in [-0.4, -0.2) is 21.0 Å². The zero-order chi connectivity index (χ0) is 17.6. The van der Waals surface area contributed by atoms with Crippen LogP contribution in [-0.2, 0) is 30.3 Å². The van der Waals surface area contributed by atoms with E-state index in [0.29, 0.717) is 6.42 Å². The molecule has 24 heavy (non-hydrogen) atoms. The number of esters is 1. The molecule has 0 fully saturated rings. The Morgan fingerprint density at radius 2 is 1.67 bits per heavy atom. The van der Waals surface area contributed by atoms with Gasteiger partial charge in [0.15, 0.2) is 0 Å². The van der Waals surface area contributed by atoms with Crippen molar-refractivity contribution >= 4 is 16.1 Å². The standard InChI is InChI=1S/C18H20O5S/c1-14(23-15(2)19)17-10-8-16(9-11-17)12-13-22-24(20,21)18-6-4-3-5-7-18/h3-11,14H,12-13H2,1-2H3. The van der Waals surface area contributed by atoms with E-state index in [0.717, 1.165) is 11.1 Å². The van der Waals surface area contributed by atoms with Crippen molar-refractivity contribution in [2.45, 2.75) is 31.3 Å². The van der Waals surface area contributed by atoms with Gasteiger partial charge in [0.1, 0.15) is 6.10 Å². The van der Waals surface area contributed by atoms with Crippen molar-refractivity contribution in [3.8, 4) is 0 Å². The van der Waals surface area contributed by atoms with Crippen molar-refractivity contribution in [3.05, 3.63) is 65.7 Å². The van der Waals surface area contributed by atoms with E-state index in [1.54, 1.807) is 25.1 Å². The number of hydrogen-bond donors (Lipinski definition) is 0. The lowest BCUT2D eigenvalue weighted by Gasteiger charge is -2.12. The van der Waals surface area contributed by atoms with Gasteiger partial charge in [0.2, 0.25) is 0 Å². The van der Waals surface area contributed by atoms with Gasteiger partial charge in [-0.2, -0.15) is 8.42 Å². The molecule has 0 saturated heterocycles. The Bertz CT molecular complexity index is 767. The summed E-state index contributed by atoms with van der Waals surface area (Å²) < 4.78 is 34.2. The Morgan fingerprint density at radius 3 is 2.25 bits per heavy atom. The van der Waals surface area contributed by atoms with Crippen LogP contribution < -0.4 is 0 Å². The molecule has 0 N–H and O–H groups in total. The molecule has 0 amide bonds. The normalized spacial score (nSPS) is 12.6. The average molecular weight is 348 g/mol. The highest BCUT2D eigenvalue weighted by Gasteiger charge is 2.14. The molecular formula is C18H20O5S. The number of hydrogen-bond acceptors (Lipinski definition) is 5. The first-order valence-corrected chi connectivity index (χ1v) is 9.00. The second-order valence-electron chi connectivity index (χ2n) is 5.33. The van der Waals surface area contributed by atoms with E-state index >= 15 is 0 Å². The average Bonchev–Trinajstić information content (AvgIpc) is 2.55. The zero-order valence-electron chi connectivity index (χ0n) is 13.6. The summed E-state index contributed by atoms with van der Waals surface area (Å²) in [5, 5.41) is 0. The first-order valence-electron chi connectivity index (χ1n) is 7.59. The molecule has 0 aliphatic rings. The number of benzene rings is 2. The fourth-order valence-electron chi connectivity index (χ4n) is 2.20. The second kappa shape index (κ2) is 8.08. The van der Waals surface area contributed by atoms with Crippen LogP contribution in [0.25, 0.3) is 0 Å². The maximum atomic E-state index is 12.0. The highest BCUT2D eigenvalue weighted by molar-refractivity contribution is 7.86. The molecule has 0 spiro atoms. The molecule has 0 bridgehead atoms. The summed E-state index contributed by atoms with van der Waals surface area (Å²) in [6.07, 6.45) is 0.153. The lowest BCUT2D eigenvalue weighted by atomic mass is 10.1. The van der Waals surface area contributed by atoms with Crippen molar-refractivity contribution in [2.75, 3.05) is 6.61 Å². The first-order chi connectivity index (χ1) is 11.4. The molecule has 1 atom stereocenters. The van der Waals surface area contributed by atoms with E-state index in [4.69, 9.17) is 8.92 Å². The van der Waals surface area contributed by atoms with Crippen LogP contribution in [0, 0.1) is 0 Å². The number of ether oxygens (including phenoxy) is 1. The van der Waals surface area contributed by atoms with Crippen LogP contribution >= 0.6 is 0 Å². The molecule has 0 aliphatic carbocycles. The van der Waals surface area contributed by atoms with Crippen LogP contribution in [0.2, 0.25) is 0 Å². The lowest BCUT2D eigenvalue weighted by Crippen LogP contribution is -2.09. The van der Waals surface area contributed by atoms with Crippen molar-refractivity contribution < 1.29 is 22.1 Å². The van der Waals surface area contributed by atoms with Gasteiger partial charge in [0.05, 0.1) is 11.5 Å². The maximum absolute atomic E-state index is 12.0. The van der Waals surface area contributed by atoms with E-state index in [2.05, 4.69) is 0 Å². The molecule has 0 aromatic heterocycles. The van der Waals surface area contributed by atoms with Crippen molar-refractivity contribution in [3.63, 3.8) is 0 Å². The largest absolute Gasteiger partial charge is 0.458 e. The maximum Gasteiger partial charge on any atom is 0.303 e. The smallest absolute Gasteiger partial charge is 0.303 e. The first kappa shape index (κ1) is 18.2. The van der Waals surface area contributed by atoms with Crippen LogP contribution in [0.4, 0.5) is 0 Å². The van der Waals surface area contributed by atoms with Crippen LogP contribution in [0.15, 0.2) is 59.5 Å². The highest BCUT2D eigenvalue weighted by Crippen LogP contribution is 2.18. The Kier molecular flexibility index (Phi) is 6.11. The van der Waals surface area contributed by atoms with Gasteiger partial charge in [-0.1, -0.05) is 42.5 Å². The minimum atomic E-state index is -3.72. The molecule has 0 saturated carbocycles. The fourth-order valence-corrected chi connectivity index (χ4v) is 3.13. The third kappa shape index (κ3) is 5.18. The Labute approximate surface area is 142 Å². The summed E-state index contributed by atoms with van der Waals surface area (Å²) in [4.78, 5) is 11.1. The fraction of sp³-hybridized carbons (Fsp3) is 0.278. The predicted octanol–water partition coefficient (Wildman–Crippen LogP) is 3.26. The summed E-state index contributed by atoms with van der Waals surface area (Å²) in [5.41, 5.74) is 1.82. The van der Waals surface area contributed by atoms with Crippen LogP contribution in [0.3, 0.4) is 0 Å². The van der Waals surface area contributed by atoms with E-state index in [9.17, 15) is 13.2 Å².